The van der Waals surface area contributed by atoms with Crippen molar-refractivity contribution in [3.8, 4) is 5.69 Å². The molecule has 1 heterocycles. The Morgan fingerprint density at radius 3 is 2.00 bits per heavy atom. The standard InChI is InChI=1S/C53H53N/c1-9-33(3)45(10-2)52(5,6)47-31-44-43-30-42-40-28-27-39(40)41-21-14-15-22-46(41)53(7,8)48(42)32-50(43)54(49(44)29-34(47)4)38-25-23-37(24-26-38)51(36-19-16-20-36)35-17-12-11-13-18-35/h9-15,17-18,21-26,29-32,39-40H,1-2,16,19-20,27-28H2,3-8H3/b45-33+. The quantitative estimate of drug-likeness (QED) is 0.146. The molecule has 0 bridgehead atoms. The minimum atomic E-state index is -0.244. The lowest BCUT2D eigenvalue weighted by Crippen LogP contribution is -2.22. The van der Waals surface area contributed by atoms with Crippen LogP contribution >= 0.6 is 0 Å². The predicted octanol–water partition coefficient (Wildman–Crippen LogP) is 14.3. The second-order valence-electron chi connectivity index (χ2n) is 17.4. The third kappa shape index (κ3) is 5.11. The summed E-state index contributed by atoms with van der Waals surface area (Å²) in [5.74, 6) is 1.13. The van der Waals surface area contributed by atoms with E-state index in [9.17, 15) is 0 Å². The van der Waals surface area contributed by atoms with Crippen LogP contribution in [0.5, 0.6) is 0 Å². The van der Waals surface area contributed by atoms with Gasteiger partial charge in [-0.3, -0.25) is 0 Å². The SMILES string of the molecule is C=C/C(C)=C(\C=C)C(C)(C)c1cc2c3cc4c(cc3n(-c3ccc(C(=C5CCC5)c5ccccc5)cc3)c2cc1C)C(C)(C)c1ccccc1C1CCC41. The topological polar surface area (TPSA) is 4.93 Å². The molecule has 1 nitrogen and oxygen atoms in total. The van der Waals surface area contributed by atoms with Crippen molar-refractivity contribution in [3.63, 3.8) is 0 Å². The molecule has 2 fully saturated rings. The number of hydrogen-bond donors (Lipinski definition) is 0. The third-order valence-corrected chi connectivity index (χ3v) is 13.7. The number of nitrogens with zero attached hydrogens (tertiary/aromatic N) is 1. The smallest absolute Gasteiger partial charge is 0.0544 e. The van der Waals surface area contributed by atoms with E-state index in [1.54, 1.807) is 16.7 Å². The van der Waals surface area contributed by atoms with Crippen molar-refractivity contribution in [1.82, 2.24) is 4.57 Å². The fraction of sp³-hybridized carbons (Fsp3) is 0.283. The Balaban J connectivity index is 1.31. The minimum absolute atomic E-state index is 0.114. The Morgan fingerprint density at radius 1 is 0.722 bits per heavy atom. The highest BCUT2D eigenvalue weighted by Gasteiger charge is 2.44. The van der Waals surface area contributed by atoms with Gasteiger partial charge in [0.1, 0.15) is 0 Å². The fourth-order valence-corrected chi connectivity index (χ4v) is 10.5. The molecule has 3 aliphatic carbocycles. The predicted molar refractivity (Wildman–Crippen MR) is 231 cm³/mol. The van der Waals surface area contributed by atoms with Gasteiger partial charge in [0.2, 0.25) is 0 Å². The molecule has 0 N–H and O–H groups in total. The largest absolute Gasteiger partial charge is 0.309 e. The third-order valence-electron chi connectivity index (χ3n) is 13.7. The van der Waals surface area contributed by atoms with Gasteiger partial charge in [-0.15, -0.1) is 0 Å². The number of fused-ring (bicyclic) bond motifs is 8. The maximum Gasteiger partial charge on any atom is 0.0544 e. The highest BCUT2D eigenvalue weighted by atomic mass is 15.0. The summed E-state index contributed by atoms with van der Waals surface area (Å²) in [5.41, 5.74) is 20.1. The number of aromatic nitrogens is 1. The van der Waals surface area contributed by atoms with Crippen LogP contribution in [0.4, 0.5) is 0 Å². The van der Waals surface area contributed by atoms with Crippen LogP contribution in [-0.4, -0.2) is 4.57 Å². The molecule has 270 valence electrons. The highest BCUT2D eigenvalue weighted by Crippen LogP contribution is 2.58. The van der Waals surface area contributed by atoms with Gasteiger partial charge >= 0.3 is 0 Å². The lowest BCUT2D eigenvalue weighted by molar-refractivity contribution is 0.348. The molecule has 1 aromatic heterocycles. The van der Waals surface area contributed by atoms with Crippen LogP contribution in [0.15, 0.2) is 145 Å². The van der Waals surface area contributed by atoms with Crippen molar-refractivity contribution in [2.24, 2.45) is 0 Å². The molecular weight excluding hydrogens is 651 g/mol. The Morgan fingerprint density at radius 2 is 1.35 bits per heavy atom. The minimum Gasteiger partial charge on any atom is -0.309 e. The summed E-state index contributed by atoms with van der Waals surface area (Å²) in [6.07, 6.45) is 10.2. The monoisotopic (exact) mass is 703 g/mol. The van der Waals surface area contributed by atoms with Crippen molar-refractivity contribution in [2.45, 2.75) is 96.3 Å². The number of allylic oxidation sites excluding steroid dienone is 5. The van der Waals surface area contributed by atoms with Gasteiger partial charge in [0.25, 0.3) is 0 Å². The van der Waals surface area contributed by atoms with E-state index in [1.165, 1.54) is 110 Å². The van der Waals surface area contributed by atoms with Gasteiger partial charge in [-0.1, -0.05) is 125 Å². The molecule has 9 rings (SSSR count). The average Bonchev–Trinajstić information content (AvgIpc) is 3.42. The Kier molecular flexibility index (Phi) is 8.16. The molecular formula is C53H53N. The van der Waals surface area contributed by atoms with Gasteiger partial charge in [0.05, 0.1) is 11.0 Å². The summed E-state index contributed by atoms with van der Waals surface area (Å²) < 4.78 is 2.56. The van der Waals surface area contributed by atoms with Crippen molar-refractivity contribution in [1.29, 1.82) is 0 Å². The zero-order valence-electron chi connectivity index (χ0n) is 33.0. The summed E-state index contributed by atoms with van der Waals surface area (Å²) in [4.78, 5) is 0. The van der Waals surface area contributed by atoms with Gasteiger partial charge in [-0.05, 0) is 155 Å². The number of benzene rings is 5. The van der Waals surface area contributed by atoms with Crippen LogP contribution < -0.4 is 0 Å². The van der Waals surface area contributed by atoms with Gasteiger partial charge in [-0.25, -0.2) is 0 Å². The van der Waals surface area contributed by atoms with Crippen molar-refractivity contribution >= 4 is 27.4 Å². The molecule has 6 aromatic rings. The molecule has 2 saturated carbocycles. The van der Waals surface area contributed by atoms with Crippen molar-refractivity contribution < 1.29 is 0 Å². The molecule has 5 aromatic carbocycles. The Hall–Kier alpha value is -5.14. The van der Waals surface area contributed by atoms with Crippen LogP contribution in [0.25, 0.3) is 33.1 Å². The first-order chi connectivity index (χ1) is 26.0. The zero-order chi connectivity index (χ0) is 37.5. The second-order valence-corrected chi connectivity index (χ2v) is 17.4. The summed E-state index contributed by atoms with van der Waals surface area (Å²) in [7, 11) is 0. The van der Waals surface area contributed by atoms with Crippen LogP contribution in [-0.2, 0) is 10.8 Å². The van der Waals surface area contributed by atoms with Crippen LogP contribution in [0.1, 0.15) is 123 Å². The summed E-state index contributed by atoms with van der Waals surface area (Å²) in [5, 5.41) is 2.67. The first kappa shape index (κ1) is 34.6. The normalized spacial score (nSPS) is 19.1. The van der Waals surface area contributed by atoms with E-state index in [0.717, 1.165) is 0 Å². The lowest BCUT2D eigenvalue weighted by Gasteiger charge is -2.37. The molecule has 2 atom stereocenters. The first-order valence-corrected chi connectivity index (χ1v) is 20.1. The van der Waals surface area contributed by atoms with Gasteiger partial charge in [-0.2, -0.15) is 0 Å². The van der Waals surface area contributed by atoms with Crippen LogP contribution in [0.3, 0.4) is 0 Å². The van der Waals surface area contributed by atoms with E-state index >= 15 is 0 Å². The summed E-state index contributed by atoms with van der Waals surface area (Å²) >= 11 is 0. The maximum absolute atomic E-state index is 4.26. The second kappa shape index (κ2) is 12.7. The van der Waals surface area contributed by atoms with Gasteiger partial charge in [0.15, 0.2) is 0 Å². The molecule has 0 radical (unpaired) electrons. The molecule has 54 heavy (non-hydrogen) atoms. The molecule has 0 amide bonds. The maximum atomic E-state index is 4.26. The highest BCUT2D eigenvalue weighted by molar-refractivity contribution is 6.10. The van der Waals surface area contributed by atoms with E-state index in [4.69, 9.17) is 0 Å². The number of rotatable bonds is 7. The number of hydrogen-bond acceptors (Lipinski definition) is 0. The first-order valence-electron chi connectivity index (χ1n) is 20.1. The Bertz CT molecular complexity index is 2560. The molecule has 3 aliphatic rings. The zero-order valence-corrected chi connectivity index (χ0v) is 33.0. The Labute approximate surface area is 322 Å². The van der Waals surface area contributed by atoms with Crippen LogP contribution in [0.2, 0.25) is 0 Å². The van der Waals surface area contributed by atoms with E-state index < -0.39 is 0 Å². The van der Waals surface area contributed by atoms with E-state index in [-0.39, 0.29) is 10.8 Å². The summed E-state index contributed by atoms with van der Waals surface area (Å²) in [6, 6.07) is 39.9. The molecule has 0 aliphatic heterocycles. The molecule has 0 saturated heterocycles. The van der Waals surface area contributed by atoms with E-state index in [1.807, 2.05) is 12.2 Å². The fourth-order valence-electron chi connectivity index (χ4n) is 10.5. The van der Waals surface area contributed by atoms with E-state index in [2.05, 4.69) is 162 Å². The van der Waals surface area contributed by atoms with Gasteiger partial charge < -0.3 is 4.57 Å². The molecule has 1 heteroatoms. The average molecular weight is 704 g/mol. The van der Waals surface area contributed by atoms with E-state index in [0.29, 0.717) is 11.8 Å². The summed E-state index contributed by atoms with van der Waals surface area (Å²) in [6.45, 7) is 22.4. The van der Waals surface area contributed by atoms with Gasteiger partial charge in [0, 0.05) is 27.3 Å². The van der Waals surface area contributed by atoms with Crippen LogP contribution in [0, 0.1) is 6.92 Å². The van der Waals surface area contributed by atoms with Crippen molar-refractivity contribution in [2.75, 3.05) is 0 Å². The molecule has 0 spiro atoms. The number of aryl methyl sites for hydroxylation is 1. The molecule has 2 unspecified atom stereocenters. The lowest BCUT2D eigenvalue weighted by atomic mass is 9.67. The van der Waals surface area contributed by atoms with Crippen molar-refractivity contribution in [3.05, 3.63) is 190 Å².